The summed E-state index contributed by atoms with van der Waals surface area (Å²) in [6.07, 6.45) is 5.24. The molecule has 0 N–H and O–H groups in total. The Hall–Kier alpha value is -1.90. The molecule has 3 heteroatoms. The van der Waals surface area contributed by atoms with Crippen molar-refractivity contribution in [1.29, 1.82) is 0 Å². The van der Waals surface area contributed by atoms with Gasteiger partial charge in [-0.2, -0.15) is 0 Å². The van der Waals surface area contributed by atoms with Crippen molar-refractivity contribution in [2.45, 2.75) is 19.4 Å². The first kappa shape index (κ1) is 10.6. The summed E-state index contributed by atoms with van der Waals surface area (Å²) in [5.41, 5.74) is 1.13. The molecular weight excluding hydrogens is 200 g/mol. The second-order valence-corrected chi connectivity index (χ2v) is 3.68. The highest BCUT2D eigenvalue weighted by atomic mass is 16.1. The molecule has 0 aliphatic carbocycles. The van der Waals surface area contributed by atoms with Crippen LogP contribution in [-0.4, -0.2) is 9.55 Å². The van der Waals surface area contributed by atoms with Gasteiger partial charge in [0.05, 0.1) is 0 Å². The third-order valence-electron chi connectivity index (χ3n) is 2.49. The molecule has 0 spiro atoms. The molecule has 0 atom stereocenters. The minimum Gasteiger partial charge on any atom is -0.299 e. The van der Waals surface area contributed by atoms with Gasteiger partial charge in [-0.15, -0.1) is 0 Å². The van der Waals surface area contributed by atoms with Crippen LogP contribution in [0.15, 0.2) is 53.6 Å². The Labute approximate surface area is 94.4 Å². The van der Waals surface area contributed by atoms with Gasteiger partial charge in [-0.05, 0) is 24.5 Å². The van der Waals surface area contributed by atoms with E-state index in [-0.39, 0.29) is 5.69 Å². The second kappa shape index (κ2) is 5.26. The lowest BCUT2D eigenvalue weighted by molar-refractivity contribution is 0.607. The molecule has 1 aromatic carbocycles. The van der Waals surface area contributed by atoms with Gasteiger partial charge in [0.15, 0.2) is 0 Å². The maximum Gasteiger partial charge on any atom is 0.347 e. The highest BCUT2D eigenvalue weighted by molar-refractivity contribution is 5.14. The van der Waals surface area contributed by atoms with E-state index >= 15 is 0 Å². The SMILES string of the molecule is O=c1ncccn1CCCc1ccccc1. The molecule has 1 heterocycles. The fourth-order valence-electron chi connectivity index (χ4n) is 1.66. The van der Waals surface area contributed by atoms with Crippen LogP contribution >= 0.6 is 0 Å². The molecule has 2 aromatic rings. The van der Waals surface area contributed by atoms with E-state index in [1.807, 2.05) is 18.2 Å². The Morgan fingerprint density at radius 3 is 2.69 bits per heavy atom. The molecule has 0 aliphatic rings. The first-order chi connectivity index (χ1) is 7.86. The summed E-state index contributed by atoms with van der Waals surface area (Å²) >= 11 is 0. The lowest BCUT2D eigenvalue weighted by Crippen LogP contribution is -2.21. The first-order valence-electron chi connectivity index (χ1n) is 5.41. The largest absolute Gasteiger partial charge is 0.347 e. The van der Waals surface area contributed by atoms with Gasteiger partial charge in [-0.25, -0.2) is 9.78 Å². The molecule has 0 unspecified atom stereocenters. The Morgan fingerprint density at radius 1 is 1.12 bits per heavy atom. The van der Waals surface area contributed by atoms with Gasteiger partial charge in [-0.3, -0.25) is 4.57 Å². The van der Waals surface area contributed by atoms with Crippen LogP contribution < -0.4 is 5.69 Å². The number of benzene rings is 1. The summed E-state index contributed by atoms with van der Waals surface area (Å²) in [6.45, 7) is 0.724. The number of hydrogen-bond donors (Lipinski definition) is 0. The quantitative estimate of drug-likeness (QED) is 0.778. The number of aromatic nitrogens is 2. The third-order valence-corrected chi connectivity index (χ3v) is 2.49. The number of hydrogen-bond acceptors (Lipinski definition) is 2. The maximum atomic E-state index is 11.3. The van der Waals surface area contributed by atoms with E-state index in [2.05, 4.69) is 17.1 Å². The summed E-state index contributed by atoms with van der Waals surface area (Å²) < 4.78 is 1.64. The molecule has 2 rings (SSSR count). The average molecular weight is 214 g/mol. The van der Waals surface area contributed by atoms with E-state index < -0.39 is 0 Å². The average Bonchev–Trinajstić information content (AvgIpc) is 2.33. The topological polar surface area (TPSA) is 34.9 Å². The normalized spacial score (nSPS) is 10.2. The van der Waals surface area contributed by atoms with E-state index in [1.165, 1.54) is 11.8 Å². The molecule has 0 fully saturated rings. The number of nitrogens with zero attached hydrogens (tertiary/aromatic N) is 2. The summed E-state index contributed by atoms with van der Waals surface area (Å²) in [6, 6.07) is 12.1. The van der Waals surface area contributed by atoms with Crippen molar-refractivity contribution in [2.75, 3.05) is 0 Å². The molecule has 3 nitrogen and oxygen atoms in total. The Bertz CT molecular complexity index is 491. The number of rotatable bonds is 4. The van der Waals surface area contributed by atoms with Crippen LogP contribution in [0.5, 0.6) is 0 Å². The first-order valence-corrected chi connectivity index (χ1v) is 5.41. The second-order valence-electron chi connectivity index (χ2n) is 3.68. The Morgan fingerprint density at radius 2 is 1.94 bits per heavy atom. The molecular formula is C13H14N2O. The van der Waals surface area contributed by atoms with Crippen molar-refractivity contribution in [3.63, 3.8) is 0 Å². The van der Waals surface area contributed by atoms with Crippen LogP contribution in [-0.2, 0) is 13.0 Å². The van der Waals surface area contributed by atoms with Crippen molar-refractivity contribution in [1.82, 2.24) is 9.55 Å². The van der Waals surface area contributed by atoms with Gasteiger partial charge in [-0.1, -0.05) is 30.3 Å². The highest BCUT2D eigenvalue weighted by Crippen LogP contribution is 2.02. The molecule has 0 saturated carbocycles. The van der Waals surface area contributed by atoms with E-state index in [9.17, 15) is 4.79 Å². The van der Waals surface area contributed by atoms with Crippen LogP contribution in [0.1, 0.15) is 12.0 Å². The van der Waals surface area contributed by atoms with E-state index in [0.29, 0.717) is 0 Å². The van der Waals surface area contributed by atoms with Gasteiger partial charge >= 0.3 is 5.69 Å². The van der Waals surface area contributed by atoms with Crippen LogP contribution in [0.2, 0.25) is 0 Å². The molecule has 0 radical (unpaired) electrons. The number of aryl methyl sites for hydroxylation is 2. The zero-order chi connectivity index (χ0) is 11.2. The van der Waals surface area contributed by atoms with E-state index in [1.54, 1.807) is 16.8 Å². The Balaban J connectivity index is 1.90. The molecule has 0 bridgehead atoms. The molecule has 0 aliphatic heterocycles. The van der Waals surface area contributed by atoms with Gasteiger partial charge in [0.25, 0.3) is 0 Å². The Kier molecular flexibility index (Phi) is 3.49. The van der Waals surface area contributed by atoms with E-state index in [0.717, 1.165) is 19.4 Å². The zero-order valence-corrected chi connectivity index (χ0v) is 9.04. The van der Waals surface area contributed by atoms with Gasteiger partial charge in [0.2, 0.25) is 0 Å². The molecule has 82 valence electrons. The van der Waals surface area contributed by atoms with Crippen molar-refractivity contribution < 1.29 is 0 Å². The summed E-state index contributed by atoms with van der Waals surface area (Å²) in [5, 5.41) is 0. The monoisotopic (exact) mass is 214 g/mol. The summed E-state index contributed by atoms with van der Waals surface area (Å²) in [5.74, 6) is 0. The van der Waals surface area contributed by atoms with Crippen LogP contribution in [0, 0.1) is 0 Å². The predicted molar refractivity (Wildman–Crippen MR) is 63.3 cm³/mol. The summed E-state index contributed by atoms with van der Waals surface area (Å²) in [7, 11) is 0. The van der Waals surface area contributed by atoms with Crippen molar-refractivity contribution in [3.8, 4) is 0 Å². The molecule has 0 amide bonds. The lowest BCUT2D eigenvalue weighted by Gasteiger charge is -2.04. The standard InChI is InChI=1S/C13H14N2O/c16-13-14-9-5-11-15(13)10-4-8-12-6-2-1-3-7-12/h1-3,5-7,9,11H,4,8,10H2. The van der Waals surface area contributed by atoms with Crippen molar-refractivity contribution >= 4 is 0 Å². The predicted octanol–water partition coefficient (Wildman–Crippen LogP) is 1.88. The molecule has 16 heavy (non-hydrogen) atoms. The fraction of sp³-hybridized carbons (Fsp3) is 0.231. The molecule has 0 saturated heterocycles. The zero-order valence-electron chi connectivity index (χ0n) is 9.04. The minimum atomic E-state index is -0.171. The van der Waals surface area contributed by atoms with Crippen LogP contribution in [0.25, 0.3) is 0 Å². The summed E-state index contributed by atoms with van der Waals surface area (Å²) in [4.78, 5) is 15.0. The van der Waals surface area contributed by atoms with Crippen LogP contribution in [0.3, 0.4) is 0 Å². The van der Waals surface area contributed by atoms with E-state index in [4.69, 9.17) is 0 Å². The van der Waals surface area contributed by atoms with Gasteiger partial charge < -0.3 is 0 Å². The highest BCUT2D eigenvalue weighted by Gasteiger charge is 1.96. The van der Waals surface area contributed by atoms with Crippen molar-refractivity contribution in [3.05, 3.63) is 64.8 Å². The van der Waals surface area contributed by atoms with Crippen LogP contribution in [0.4, 0.5) is 0 Å². The van der Waals surface area contributed by atoms with Gasteiger partial charge in [0.1, 0.15) is 0 Å². The maximum absolute atomic E-state index is 11.3. The smallest absolute Gasteiger partial charge is 0.299 e. The van der Waals surface area contributed by atoms with Crippen molar-refractivity contribution in [2.24, 2.45) is 0 Å². The third kappa shape index (κ3) is 2.79. The minimum absolute atomic E-state index is 0.171. The van der Waals surface area contributed by atoms with Gasteiger partial charge in [0, 0.05) is 18.9 Å². The molecule has 1 aromatic heterocycles. The fourth-order valence-corrected chi connectivity index (χ4v) is 1.66. The lowest BCUT2D eigenvalue weighted by atomic mass is 10.1.